The van der Waals surface area contributed by atoms with Crippen molar-refractivity contribution in [3.8, 4) is 5.75 Å². The van der Waals surface area contributed by atoms with Crippen LogP contribution in [0.3, 0.4) is 0 Å². The van der Waals surface area contributed by atoms with Crippen LogP contribution in [0, 0.1) is 12.7 Å². The molecule has 0 radical (unpaired) electrons. The van der Waals surface area contributed by atoms with Gasteiger partial charge in [-0.25, -0.2) is 9.18 Å². The highest BCUT2D eigenvalue weighted by atomic mass is 19.1. The second-order valence-corrected chi connectivity index (χ2v) is 10.1. The molecule has 1 saturated carbocycles. The number of rotatable bonds is 8. The number of hydrogen-bond donors (Lipinski definition) is 1. The van der Waals surface area contributed by atoms with Gasteiger partial charge < -0.3 is 19.5 Å². The Morgan fingerprint density at radius 1 is 1.03 bits per heavy atom. The van der Waals surface area contributed by atoms with Crippen molar-refractivity contribution in [1.29, 1.82) is 0 Å². The van der Waals surface area contributed by atoms with Crippen LogP contribution in [-0.4, -0.2) is 34.0 Å². The standard InChI is InChI=1S/C31H32FNO5/c1-20-11-12-23-18-33(27(31(35)36)17-26(23)28(20)37-19-21-7-3-2-4-8-21)30(34)29(38-25-9-5-6-10-25)22-13-15-24(32)16-14-22/h2-4,7-8,11-16,25,27,29H,5-6,9-10,17-19H2,1H3,(H,35,36)/t27-,29-/m1/s1. The van der Waals surface area contributed by atoms with Crippen molar-refractivity contribution in [1.82, 2.24) is 4.90 Å². The highest BCUT2D eigenvalue weighted by Crippen LogP contribution is 2.37. The first-order chi connectivity index (χ1) is 18.4. The number of aryl methyl sites for hydroxylation is 1. The monoisotopic (exact) mass is 517 g/mol. The Balaban J connectivity index is 1.45. The van der Waals surface area contributed by atoms with Gasteiger partial charge >= 0.3 is 5.97 Å². The Bertz CT molecular complexity index is 1290. The maximum atomic E-state index is 14.0. The molecule has 0 unspecified atom stereocenters. The van der Waals surface area contributed by atoms with Crippen LogP contribution in [0.15, 0.2) is 66.7 Å². The molecule has 2 aliphatic rings. The van der Waals surface area contributed by atoms with Gasteiger partial charge in [0.25, 0.3) is 5.91 Å². The first kappa shape index (κ1) is 25.9. The molecule has 1 fully saturated rings. The minimum atomic E-state index is -1.08. The molecule has 3 aromatic rings. The summed E-state index contributed by atoms with van der Waals surface area (Å²) in [5.74, 6) is -1.25. The SMILES string of the molecule is Cc1ccc2c(c1OCc1ccccc1)C[C@H](C(=O)O)N(C(=O)[C@H](OC1CCCC1)c1ccc(F)cc1)C2. The van der Waals surface area contributed by atoms with Gasteiger partial charge in [-0.1, -0.05) is 67.4 Å². The van der Waals surface area contributed by atoms with Crippen molar-refractivity contribution in [2.24, 2.45) is 0 Å². The molecule has 1 amide bonds. The summed E-state index contributed by atoms with van der Waals surface area (Å²) in [5.41, 5.74) is 4.11. The van der Waals surface area contributed by atoms with E-state index in [4.69, 9.17) is 9.47 Å². The van der Waals surface area contributed by atoms with E-state index in [0.29, 0.717) is 17.9 Å². The van der Waals surface area contributed by atoms with Crippen LogP contribution in [-0.2, 0) is 33.9 Å². The van der Waals surface area contributed by atoms with Crippen molar-refractivity contribution < 1.29 is 28.6 Å². The average Bonchev–Trinajstić information content (AvgIpc) is 3.44. The molecule has 198 valence electrons. The summed E-state index contributed by atoms with van der Waals surface area (Å²) in [7, 11) is 0. The topological polar surface area (TPSA) is 76.1 Å². The highest BCUT2D eigenvalue weighted by molar-refractivity contribution is 5.88. The highest BCUT2D eigenvalue weighted by Gasteiger charge is 2.40. The van der Waals surface area contributed by atoms with Gasteiger partial charge in [0, 0.05) is 18.5 Å². The Kier molecular flexibility index (Phi) is 7.74. The number of fused-ring (bicyclic) bond motifs is 1. The molecule has 38 heavy (non-hydrogen) atoms. The summed E-state index contributed by atoms with van der Waals surface area (Å²) < 4.78 is 26.1. The number of carbonyl (C=O) groups excluding carboxylic acids is 1. The predicted molar refractivity (Wildman–Crippen MR) is 140 cm³/mol. The molecule has 0 spiro atoms. The third-order valence-electron chi connectivity index (χ3n) is 7.49. The number of nitrogens with zero attached hydrogens (tertiary/aromatic N) is 1. The predicted octanol–water partition coefficient (Wildman–Crippen LogP) is 5.75. The fourth-order valence-corrected chi connectivity index (χ4v) is 5.42. The van der Waals surface area contributed by atoms with Gasteiger partial charge in [-0.05, 0) is 54.2 Å². The zero-order valence-electron chi connectivity index (χ0n) is 21.4. The lowest BCUT2D eigenvalue weighted by Gasteiger charge is -2.38. The lowest BCUT2D eigenvalue weighted by Crippen LogP contribution is -2.50. The Labute approximate surface area is 222 Å². The molecule has 0 aromatic heterocycles. The number of benzene rings is 3. The van der Waals surface area contributed by atoms with E-state index in [-0.39, 0.29) is 19.1 Å². The van der Waals surface area contributed by atoms with Crippen LogP contribution >= 0.6 is 0 Å². The molecule has 1 heterocycles. The minimum Gasteiger partial charge on any atom is -0.488 e. The summed E-state index contributed by atoms with van der Waals surface area (Å²) in [6.07, 6.45) is 2.78. The van der Waals surface area contributed by atoms with Gasteiger partial charge in [-0.15, -0.1) is 0 Å². The number of carbonyl (C=O) groups is 2. The fraction of sp³-hybridized carbons (Fsp3) is 0.355. The first-order valence-corrected chi connectivity index (χ1v) is 13.1. The van der Waals surface area contributed by atoms with Gasteiger partial charge in [0.15, 0.2) is 6.10 Å². The van der Waals surface area contributed by atoms with Crippen molar-refractivity contribution in [3.63, 3.8) is 0 Å². The van der Waals surface area contributed by atoms with E-state index in [1.807, 2.05) is 49.4 Å². The van der Waals surface area contributed by atoms with E-state index in [2.05, 4.69) is 0 Å². The molecule has 3 aromatic carbocycles. The molecule has 0 bridgehead atoms. The Hall–Kier alpha value is -3.71. The van der Waals surface area contributed by atoms with E-state index in [9.17, 15) is 19.1 Å². The quantitative estimate of drug-likeness (QED) is 0.412. The zero-order chi connectivity index (χ0) is 26.6. The third-order valence-corrected chi connectivity index (χ3v) is 7.49. The van der Waals surface area contributed by atoms with Crippen LogP contribution in [0.2, 0.25) is 0 Å². The van der Waals surface area contributed by atoms with Gasteiger partial charge in [0.05, 0.1) is 6.10 Å². The van der Waals surface area contributed by atoms with E-state index in [1.165, 1.54) is 17.0 Å². The number of amides is 1. The van der Waals surface area contributed by atoms with Crippen molar-refractivity contribution in [2.45, 2.75) is 70.4 Å². The molecule has 0 saturated heterocycles. The molecule has 1 N–H and O–H groups in total. The van der Waals surface area contributed by atoms with Crippen LogP contribution in [0.4, 0.5) is 4.39 Å². The normalized spacial score (nSPS) is 18.2. The molecule has 1 aliphatic heterocycles. The Morgan fingerprint density at radius 2 is 1.74 bits per heavy atom. The summed E-state index contributed by atoms with van der Waals surface area (Å²) in [6, 6.07) is 18.3. The van der Waals surface area contributed by atoms with Crippen molar-refractivity contribution >= 4 is 11.9 Å². The zero-order valence-corrected chi connectivity index (χ0v) is 21.4. The number of halogens is 1. The van der Waals surface area contributed by atoms with Gasteiger partial charge in [0.2, 0.25) is 0 Å². The second-order valence-electron chi connectivity index (χ2n) is 10.1. The van der Waals surface area contributed by atoms with Gasteiger partial charge in [0.1, 0.15) is 24.2 Å². The summed E-state index contributed by atoms with van der Waals surface area (Å²) in [5, 5.41) is 10.2. The van der Waals surface area contributed by atoms with Crippen LogP contribution in [0.5, 0.6) is 5.75 Å². The molecule has 6 nitrogen and oxygen atoms in total. The minimum absolute atomic E-state index is 0.0880. The summed E-state index contributed by atoms with van der Waals surface area (Å²) in [4.78, 5) is 27.8. The Morgan fingerprint density at radius 3 is 2.42 bits per heavy atom. The fourth-order valence-electron chi connectivity index (χ4n) is 5.42. The first-order valence-electron chi connectivity index (χ1n) is 13.1. The maximum Gasteiger partial charge on any atom is 0.326 e. The van der Waals surface area contributed by atoms with Crippen LogP contribution < -0.4 is 4.74 Å². The van der Waals surface area contributed by atoms with E-state index < -0.39 is 29.8 Å². The summed E-state index contributed by atoms with van der Waals surface area (Å²) in [6.45, 7) is 2.42. The average molecular weight is 518 g/mol. The molecule has 1 aliphatic carbocycles. The van der Waals surface area contributed by atoms with Crippen molar-refractivity contribution in [3.05, 3.63) is 100 Å². The van der Waals surface area contributed by atoms with E-state index >= 15 is 0 Å². The van der Waals surface area contributed by atoms with Gasteiger partial charge in [-0.3, -0.25) is 4.79 Å². The van der Waals surface area contributed by atoms with Gasteiger partial charge in [-0.2, -0.15) is 0 Å². The number of carboxylic acids is 1. The number of carboxylic acid groups (broad SMARTS) is 1. The van der Waals surface area contributed by atoms with E-state index in [1.54, 1.807) is 12.1 Å². The maximum absolute atomic E-state index is 14.0. The lowest BCUT2D eigenvalue weighted by molar-refractivity contribution is -0.160. The lowest BCUT2D eigenvalue weighted by atomic mass is 9.90. The van der Waals surface area contributed by atoms with Crippen molar-refractivity contribution in [2.75, 3.05) is 0 Å². The molecule has 5 rings (SSSR count). The largest absolute Gasteiger partial charge is 0.488 e. The second kappa shape index (κ2) is 11.4. The number of aliphatic carboxylic acids is 1. The molecule has 7 heteroatoms. The van der Waals surface area contributed by atoms with E-state index in [0.717, 1.165) is 47.9 Å². The van der Waals surface area contributed by atoms with Crippen LogP contribution in [0.1, 0.15) is 59.6 Å². The van der Waals surface area contributed by atoms with Crippen LogP contribution in [0.25, 0.3) is 0 Å². The smallest absolute Gasteiger partial charge is 0.326 e. The molecule has 2 atom stereocenters. The summed E-state index contributed by atoms with van der Waals surface area (Å²) >= 11 is 0. The molecular formula is C31H32FNO5. The molecular weight excluding hydrogens is 485 g/mol. The number of hydrogen-bond acceptors (Lipinski definition) is 4. The third kappa shape index (κ3) is 5.58. The number of ether oxygens (including phenoxy) is 2.